The SMILES string of the molecule is CCOCOc1ccc(I)cc1. The molecule has 0 atom stereocenters. The molecule has 0 spiro atoms. The standard InChI is InChI=1S/C9H11IO2/c1-2-11-7-12-9-5-3-8(10)4-6-9/h3-6H,2,7H2,1H3. The van der Waals surface area contributed by atoms with Crippen molar-refractivity contribution < 1.29 is 9.47 Å². The Morgan fingerprint density at radius 3 is 2.50 bits per heavy atom. The fraction of sp³-hybridized carbons (Fsp3) is 0.333. The van der Waals surface area contributed by atoms with Crippen LogP contribution in [0.3, 0.4) is 0 Å². The predicted octanol–water partition coefficient (Wildman–Crippen LogP) is 2.66. The number of rotatable bonds is 4. The average molecular weight is 278 g/mol. The molecule has 1 rings (SSSR count). The van der Waals surface area contributed by atoms with Crippen molar-refractivity contribution >= 4 is 22.6 Å². The van der Waals surface area contributed by atoms with Gasteiger partial charge >= 0.3 is 0 Å². The van der Waals surface area contributed by atoms with E-state index in [0.29, 0.717) is 13.4 Å². The molecule has 12 heavy (non-hydrogen) atoms. The quantitative estimate of drug-likeness (QED) is 0.479. The molecule has 3 heteroatoms. The summed E-state index contributed by atoms with van der Waals surface area (Å²) in [4.78, 5) is 0. The lowest BCUT2D eigenvalue weighted by atomic mass is 10.3. The van der Waals surface area contributed by atoms with Gasteiger partial charge in [-0.15, -0.1) is 0 Å². The monoisotopic (exact) mass is 278 g/mol. The Bertz CT molecular complexity index is 220. The number of hydrogen-bond acceptors (Lipinski definition) is 2. The van der Waals surface area contributed by atoms with Gasteiger partial charge in [0, 0.05) is 10.2 Å². The first-order chi connectivity index (χ1) is 5.83. The fourth-order valence-electron chi connectivity index (χ4n) is 0.724. The van der Waals surface area contributed by atoms with Crippen molar-refractivity contribution in [3.63, 3.8) is 0 Å². The molecule has 0 unspecified atom stereocenters. The molecule has 0 fully saturated rings. The highest BCUT2D eigenvalue weighted by atomic mass is 127. The maximum absolute atomic E-state index is 5.28. The first-order valence-electron chi connectivity index (χ1n) is 3.79. The summed E-state index contributed by atoms with van der Waals surface area (Å²) < 4.78 is 11.5. The van der Waals surface area contributed by atoms with Crippen LogP contribution in [0.15, 0.2) is 24.3 Å². The lowest BCUT2D eigenvalue weighted by Crippen LogP contribution is -2.01. The molecule has 0 aliphatic heterocycles. The molecule has 0 bridgehead atoms. The van der Waals surface area contributed by atoms with Crippen LogP contribution in [0.2, 0.25) is 0 Å². The summed E-state index contributed by atoms with van der Waals surface area (Å²) in [6.07, 6.45) is 0. The zero-order chi connectivity index (χ0) is 8.81. The van der Waals surface area contributed by atoms with Gasteiger partial charge in [0.15, 0.2) is 6.79 Å². The minimum atomic E-state index is 0.330. The van der Waals surface area contributed by atoms with E-state index in [2.05, 4.69) is 22.6 Å². The van der Waals surface area contributed by atoms with Crippen molar-refractivity contribution in [2.75, 3.05) is 13.4 Å². The smallest absolute Gasteiger partial charge is 0.189 e. The zero-order valence-corrected chi connectivity index (χ0v) is 9.08. The average Bonchev–Trinajstić information content (AvgIpc) is 2.09. The summed E-state index contributed by atoms with van der Waals surface area (Å²) in [5, 5.41) is 0. The number of halogens is 1. The first kappa shape index (κ1) is 9.80. The Labute approximate surface area is 86.0 Å². The Balaban J connectivity index is 2.37. The van der Waals surface area contributed by atoms with Crippen LogP contribution in [0.1, 0.15) is 6.92 Å². The molecule has 1 aromatic carbocycles. The van der Waals surface area contributed by atoms with E-state index in [1.54, 1.807) is 0 Å². The maximum Gasteiger partial charge on any atom is 0.189 e. The van der Waals surface area contributed by atoms with Gasteiger partial charge in [0.2, 0.25) is 0 Å². The van der Waals surface area contributed by atoms with E-state index in [-0.39, 0.29) is 0 Å². The molecule has 0 aromatic heterocycles. The lowest BCUT2D eigenvalue weighted by molar-refractivity contribution is 0.0224. The predicted molar refractivity (Wildman–Crippen MR) is 56.3 cm³/mol. The Morgan fingerprint density at radius 1 is 1.25 bits per heavy atom. The highest BCUT2D eigenvalue weighted by Crippen LogP contribution is 2.13. The van der Waals surface area contributed by atoms with Crippen LogP contribution in [0.25, 0.3) is 0 Å². The molecule has 2 nitrogen and oxygen atoms in total. The molecule has 0 heterocycles. The number of hydrogen-bond donors (Lipinski definition) is 0. The van der Waals surface area contributed by atoms with Crippen LogP contribution in [-0.4, -0.2) is 13.4 Å². The summed E-state index contributed by atoms with van der Waals surface area (Å²) in [7, 11) is 0. The molecular weight excluding hydrogens is 267 g/mol. The Hall–Kier alpha value is -0.290. The zero-order valence-electron chi connectivity index (χ0n) is 6.92. The van der Waals surface area contributed by atoms with Crippen molar-refractivity contribution in [3.05, 3.63) is 27.8 Å². The third-order valence-electron chi connectivity index (χ3n) is 1.33. The number of benzene rings is 1. The molecule has 0 amide bonds. The van der Waals surface area contributed by atoms with Crippen LogP contribution in [0.4, 0.5) is 0 Å². The van der Waals surface area contributed by atoms with Crippen molar-refractivity contribution in [1.29, 1.82) is 0 Å². The fourth-order valence-corrected chi connectivity index (χ4v) is 1.08. The van der Waals surface area contributed by atoms with Gasteiger partial charge in [0.05, 0.1) is 0 Å². The van der Waals surface area contributed by atoms with Crippen molar-refractivity contribution in [2.45, 2.75) is 6.92 Å². The van der Waals surface area contributed by atoms with E-state index in [1.165, 1.54) is 3.57 Å². The normalized spacial score (nSPS) is 9.83. The summed E-state index contributed by atoms with van der Waals surface area (Å²) in [5.74, 6) is 0.851. The lowest BCUT2D eigenvalue weighted by Gasteiger charge is -2.04. The summed E-state index contributed by atoms with van der Waals surface area (Å²) in [6, 6.07) is 7.87. The van der Waals surface area contributed by atoms with Gasteiger partial charge in [-0.25, -0.2) is 0 Å². The van der Waals surface area contributed by atoms with Crippen LogP contribution < -0.4 is 4.74 Å². The molecular formula is C9H11IO2. The second-order valence-electron chi connectivity index (χ2n) is 2.21. The molecule has 0 saturated heterocycles. The third kappa shape index (κ3) is 3.40. The van der Waals surface area contributed by atoms with E-state index in [1.807, 2.05) is 31.2 Å². The Kier molecular flexibility index (Phi) is 4.39. The van der Waals surface area contributed by atoms with Crippen molar-refractivity contribution in [1.82, 2.24) is 0 Å². The van der Waals surface area contributed by atoms with Crippen LogP contribution in [0, 0.1) is 3.57 Å². The maximum atomic E-state index is 5.28. The van der Waals surface area contributed by atoms with E-state index < -0.39 is 0 Å². The molecule has 0 saturated carbocycles. The molecule has 66 valence electrons. The van der Waals surface area contributed by atoms with Gasteiger partial charge in [0.25, 0.3) is 0 Å². The minimum Gasteiger partial charge on any atom is -0.468 e. The molecule has 0 aliphatic rings. The summed E-state index contributed by atoms with van der Waals surface area (Å²) >= 11 is 2.25. The van der Waals surface area contributed by atoms with Crippen LogP contribution >= 0.6 is 22.6 Å². The van der Waals surface area contributed by atoms with Gasteiger partial charge in [0.1, 0.15) is 5.75 Å². The highest BCUT2D eigenvalue weighted by molar-refractivity contribution is 14.1. The van der Waals surface area contributed by atoms with E-state index >= 15 is 0 Å². The second kappa shape index (κ2) is 5.37. The second-order valence-corrected chi connectivity index (χ2v) is 3.45. The summed E-state index contributed by atoms with van der Waals surface area (Å²) in [5.41, 5.74) is 0. The van der Waals surface area contributed by atoms with Gasteiger partial charge < -0.3 is 9.47 Å². The van der Waals surface area contributed by atoms with Crippen LogP contribution in [0.5, 0.6) is 5.75 Å². The number of ether oxygens (including phenoxy) is 2. The third-order valence-corrected chi connectivity index (χ3v) is 2.05. The Morgan fingerprint density at radius 2 is 1.92 bits per heavy atom. The van der Waals surface area contributed by atoms with Gasteiger partial charge in [-0.05, 0) is 53.8 Å². The van der Waals surface area contributed by atoms with Gasteiger partial charge in [-0.3, -0.25) is 0 Å². The van der Waals surface area contributed by atoms with Crippen molar-refractivity contribution in [2.24, 2.45) is 0 Å². The first-order valence-corrected chi connectivity index (χ1v) is 4.87. The topological polar surface area (TPSA) is 18.5 Å². The van der Waals surface area contributed by atoms with Gasteiger partial charge in [-0.1, -0.05) is 0 Å². The van der Waals surface area contributed by atoms with Crippen LogP contribution in [-0.2, 0) is 4.74 Å². The molecule has 0 N–H and O–H groups in total. The minimum absolute atomic E-state index is 0.330. The highest BCUT2D eigenvalue weighted by Gasteiger charge is 1.91. The molecule has 0 radical (unpaired) electrons. The largest absolute Gasteiger partial charge is 0.468 e. The summed E-state index contributed by atoms with van der Waals surface area (Å²) in [6.45, 7) is 2.96. The molecule has 0 aliphatic carbocycles. The van der Waals surface area contributed by atoms with E-state index in [9.17, 15) is 0 Å². The van der Waals surface area contributed by atoms with Crippen molar-refractivity contribution in [3.8, 4) is 5.75 Å². The van der Waals surface area contributed by atoms with E-state index in [0.717, 1.165) is 5.75 Å². The molecule has 1 aromatic rings. The van der Waals surface area contributed by atoms with Gasteiger partial charge in [-0.2, -0.15) is 0 Å². The van der Waals surface area contributed by atoms with E-state index in [4.69, 9.17) is 9.47 Å².